The summed E-state index contributed by atoms with van der Waals surface area (Å²) in [5.41, 5.74) is 3.26. The Kier molecular flexibility index (Phi) is 5.23. The second-order valence-electron chi connectivity index (χ2n) is 5.53. The van der Waals surface area contributed by atoms with Crippen molar-refractivity contribution in [3.63, 3.8) is 0 Å². The summed E-state index contributed by atoms with van der Waals surface area (Å²) in [6.45, 7) is 0.551. The lowest BCUT2D eigenvalue weighted by atomic mass is 10.2. The van der Waals surface area contributed by atoms with Crippen LogP contribution in [0.25, 0.3) is 20.8 Å². The average molecular weight is 569 g/mol. The lowest BCUT2D eigenvalue weighted by molar-refractivity contribution is 0.305. The van der Waals surface area contributed by atoms with Crippen molar-refractivity contribution in [2.75, 3.05) is 0 Å². The third kappa shape index (κ3) is 3.83. The Balaban J connectivity index is 1.75. The smallest absolute Gasteiger partial charge is 0.143 e. The number of nitrogens with zero attached hydrogens (tertiary/aromatic N) is 1. The fraction of sp³-hybridized carbons (Fsp3) is 0.0500. The summed E-state index contributed by atoms with van der Waals surface area (Å²) >= 11 is 6.40. The molecule has 0 bridgehead atoms. The maximum absolute atomic E-state index is 6.22. The van der Waals surface area contributed by atoms with Gasteiger partial charge in [0.2, 0.25) is 0 Å². The molecule has 0 amide bonds. The maximum Gasteiger partial charge on any atom is 0.143 e. The van der Waals surface area contributed by atoms with Crippen LogP contribution >= 0.6 is 56.5 Å². The van der Waals surface area contributed by atoms with Gasteiger partial charge in [0.15, 0.2) is 0 Å². The van der Waals surface area contributed by atoms with E-state index in [-0.39, 0.29) is 0 Å². The molecule has 0 unspecified atom stereocenters. The van der Waals surface area contributed by atoms with Crippen molar-refractivity contribution in [2.24, 2.45) is 0 Å². The molecule has 1 heterocycles. The van der Waals surface area contributed by atoms with Gasteiger partial charge in [-0.1, -0.05) is 42.5 Å². The Labute approximate surface area is 177 Å². The zero-order valence-corrected chi connectivity index (χ0v) is 18.2. The Morgan fingerprint density at radius 2 is 1.68 bits per heavy atom. The van der Waals surface area contributed by atoms with Crippen LogP contribution in [-0.2, 0) is 6.61 Å². The zero-order valence-electron chi connectivity index (χ0n) is 13.1. The van der Waals surface area contributed by atoms with Crippen molar-refractivity contribution in [2.45, 2.75) is 6.61 Å². The van der Waals surface area contributed by atoms with Gasteiger partial charge >= 0.3 is 0 Å². The van der Waals surface area contributed by atoms with Crippen molar-refractivity contribution >= 4 is 66.7 Å². The summed E-state index contributed by atoms with van der Waals surface area (Å²) in [5, 5.41) is 1.00. The molecule has 0 fully saturated rings. The first-order valence-electron chi connectivity index (χ1n) is 7.72. The molecule has 4 aromatic rings. The van der Waals surface area contributed by atoms with Gasteiger partial charge in [0, 0.05) is 3.57 Å². The zero-order chi connectivity index (χ0) is 17.2. The average Bonchev–Trinajstić information content (AvgIpc) is 3.05. The molecule has 2 nitrogen and oxygen atoms in total. The highest BCUT2D eigenvalue weighted by molar-refractivity contribution is 14.1. The van der Waals surface area contributed by atoms with Crippen LogP contribution in [0.15, 0.2) is 66.7 Å². The number of rotatable bonds is 4. The molecule has 0 aliphatic heterocycles. The van der Waals surface area contributed by atoms with Crippen molar-refractivity contribution in [3.8, 4) is 16.3 Å². The van der Waals surface area contributed by atoms with Gasteiger partial charge in [-0.25, -0.2) is 4.98 Å². The highest BCUT2D eigenvalue weighted by Gasteiger charge is 2.16. The number of hydrogen-bond donors (Lipinski definition) is 0. The molecule has 0 atom stereocenters. The molecular formula is C20H13I2NOS. The number of aromatic nitrogens is 1. The van der Waals surface area contributed by atoms with E-state index in [1.165, 1.54) is 8.27 Å². The normalized spacial score (nSPS) is 11.0. The SMILES string of the molecule is Ic1cc(I)c(OCc2ccccc2)c(-c2nc3ccccc3s2)c1. The number of hydrogen-bond acceptors (Lipinski definition) is 3. The van der Waals surface area contributed by atoms with Crippen molar-refractivity contribution in [1.82, 2.24) is 4.98 Å². The minimum atomic E-state index is 0.551. The quantitative estimate of drug-likeness (QED) is 0.254. The first kappa shape index (κ1) is 17.2. The summed E-state index contributed by atoms with van der Waals surface area (Å²) in [4.78, 5) is 4.81. The fourth-order valence-corrected chi connectivity index (χ4v) is 5.56. The predicted octanol–water partition coefficient (Wildman–Crippen LogP) is 6.75. The van der Waals surface area contributed by atoms with Crippen LogP contribution in [0.2, 0.25) is 0 Å². The lowest BCUT2D eigenvalue weighted by Gasteiger charge is -2.13. The van der Waals surface area contributed by atoms with E-state index in [4.69, 9.17) is 9.72 Å². The third-order valence-electron chi connectivity index (χ3n) is 3.76. The van der Waals surface area contributed by atoms with Gasteiger partial charge in [0.05, 0.1) is 19.4 Å². The van der Waals surface area contributed by atoms with Crippen LogP contribution < -0.4 is 4.74 Å². The van der Waals surface area contributed by atoms with Crippen molar-refractivity contribution in [3.05, 3.63) is 79.4 Å². The molecule has 0 saturated carbocycles. The summed E-state index contributed by atoms with van der Waals surface area (Å²) in [6, 6.07) is 22.8. The van der Waals surface area contributed by atoms with Crippen LogP contribution in [0.5, 0.6) is 5.75 Å². The number of para-hydroxylation sites is 1. The van der Waals surface area contributed by atoms with Gasteiger partial charge < -0.3 is 4.74 Å². The largest absolute Gasteiger partial charge is 0.487 e. The van der Waals surface area contributed by atoms with Crippen LogP contribution in [-0.4, -0.2) is 4.98 Å². The van der Waals surface area contributed by atoms with Gasteiger partial charge in [-0.2, -0.15) is 0 Å². The number of fused-ring (bicyclic) bond motifs is 1. The first-order chi connectivity index (χ1) is 12.2. The van der Waals surface area contributed by atoms with E-state index in [9.17, 15) is 0 Å². The topological polar surface area (TPSA) is 22.1 Å². The fourth-order valence-electron chi connectivity index (χ4n) is 2.58. The Morgan fingerprint density at radius 1 is 0.920 bits per heavy atom. The molecule has 5 heteroatoms. The lowest BCUT2D eigenvalue weighted by Crippen LogP contribution is -1.99. The van der Waals surface area contributed by atoms with E-state index in [2.05, 4.69) is 87.6 Å². The van der Waals surface area contributed by atoms with E-state index < -0.39 is 0 Å². The minimum Gasteiger partial charge on any atom is -0.487 e. The van der Waals surface area contributed by atoms with E-state index in [1.54, 1.807) is 11.3 Å². The van der Waals surface area contributed by atoms with Crippen molar-refractivity contribution in [1.29, 1.82) is 0 Å². The van der Waals surface area contributed by atoms with Crippen LogP contribution in [0.1, 0.15) is 5.56 Å². The summed E-state index contributed by atoms with van der Waals surface area (Å²) in [7, 11) is 0. The van der Waals surface area contributed by atoms with Crippen LogP contribution in [0.4, 0.5) is 0 Å². The van der Waals surface area contributed by atoms with Crippen LogP contribution in [0, 0.1) is 7.14 Å². The molecule has 3 aromatic carbocycles. The van der Waals surface area contributed by atoms with Crippen LogP contribution in [0.3, 0.4) is 0 Å². The number of thiazole rings is 1. The van der Waals surface area contributed by atoms with E-state index in [1.807, 2.05) is 24.3 Å². The molecule has 0 aliphatic rings. The van der Waals surface area contributed by atoms with Gasteiger partial charge in [-0.15, -0.1) is 11.3 Å². The summed E-state index contributed by atoms with van der Waals surface area (Å²) in [6.07, 6.45) is 0. The van der Waals surface area contributed by atoms with Crippen molar-refractivity contribution < 1.29 is 4.74 Å². The van der Waals surface area contributed by atoms with Gasteiger partial charge in [-0.3, -0.25) is 0 Å². The monoisotopic (exact) mass is 569 g/mol. The molecule has 4 rings (SSSR count). The first-order valence-corrected chi connectivity index (χ1v) is 10.7. The van der Waals surface area contributed by atoms with Gasteiger partial charge in [-0.05, 0) is 75.0 Å². The Bertz CT molecular complexity index is 997. The highest BCUT2D eigenvalue weighted by Crippen LogP contribution is 2.39. The molecule has 0 aliphatic carbocycles. The molecule has 0 saturated heterocycles. The third-order valence-corrected chi connectivity index (χ3v) is 6.25. The molecule has 25 heavy (non-hydrogen) atoms. The molecule has 0 radical (unpaired) electrons. The number of halogens is 2. The molecule has 1 aromatic heterocycles. The van der Waals surface area contributed by atoms with Gasteiger partial charge in [0.1, 0.15) is 17.4 Å². The Hall–Kier alpha value is -1.19. The summed E-state index contributed by atoms with van der Waals surface area (Å²) < 4.78 is 9.70. The van der Waals surface area contributed by atoms with E-state index >= 15 is 0 Å². The minimum absolute atomic E-state index is 0.551. The second kappa shape index (κ2) is 7.59. The molecular weight excluding hydrogens is 556 g/mol. The Morgan fingerprint density at radius 3 is 2.48 bits per heavy atom. The molecule has 124 valence electrons. The summed E-state index contributed by atoms with van der Waals surface area (Å²) in [5.74, 6) is 0.906. The van der Waals surface area contributed by atoms with Gasteiger partial charge in [0.25, 0.3) is 0 Å². The van der Waals surface area contributed by atoms with E-state index in [0.717, 1.165) is 31.0 Å². The second-order valence-corrected chi connectivity index (χ2v) is 8.96. The predicted molar refractivity (Wildman–Crippen MR) is 121 cm³/mol. The maximum atomic E-state index is 6.22. The molecule has 0 N–H and O–H groups in total. The standard InChI is InChI=1S/C20H13I2NOS/c21-14-10-15(20-23-17-8-4-5-9-18(17)25-20)19(16(22)11-14)24-12-13-6-2-1-3-7-13/h1-11H,12H2. The van der Waals surface area contributed by atoms with E-state index in [0.29, 0.717) is 6.61 Å². The molecule has 0 spiro atoms. The number of ether oxygens (including phenoxy) is 1. The highest BCUT2D eigenvalue weighted by atomic mass is 127. The number of benzene rings is 3.